The van der Waals surface area contributed by atoms with Crippen LogP contribution in [-0.4, -0.2) is 42.0 Å². The van der Waals surface area contributed by atoms with Crippen LogP contribution in [0.5, 0.6) is 0 Å². The van der Waals surface area contributed by atoms with Crippen LogP contribution in [0.15, 0.2) is 11.6 Å². The van der Waals surface area contributed by atoms with Crippen LogP contribution in [0.4, 0.5) is 0 Å². The summed E-state index contributed by atoms with van der Waals surface area (Å²) in [6, 6.07) is 0. The van der Waals surface area contributed by atoms with Gasteiger partial charge in [-0.05, 0) is 26.2 Å². The van der Waals surface area contributed by atoms with Crippen LogP contribution < -0.4 is 0 Å². The third kappa shape index (κ3) is 5.67. The summed E-state index contributed by atoms with van der Waals surface area (Å²) in [5.74, 6) is -2.51. The Morgan fingerprint density at radius 3 is 2.41 bits per heavy atom. The number of allylic oxidation sites excluding steroid dienone is 1. The molecule has 0 amide bonds. The minimum absolute atomic E-state index is 0.000495. The molecule has 162 valence electrons. The van der Waals surface area contributed by atoms with E-state index in [0.29, 0.717) is 18.4 Å². The van der Waals surface area contributed by atoms with E-state index in [1.165, 1.54) is 6.92 Å². The van der Waals surface area contributed by atoms with Gasteiger partial charge in [-0.15, -0.1) is 0 Å². The number of carbonyl (C=O) groups excluding carboxylic acids is 4. The van der Waals surface area contributed by atoms with Crippen molar-refractivity contribution in [2.45, 2.75) is 79.1 Å². The fourth-order valence-electron chi connectivity index (χ4n) is 4.03. The summed E-state index contributed by atoms with van der Waals surface area (Å²) >= 11 is 0. The number of fused-ring (bicyclic) bond motifs is 2. The molecule has 0 aromatic rings. The molecule has 1 aliphatic heterocycles. The van der Waals surface area contributed by atoms with Gasteiger partial charge in [0.25, 0.3) is 0 Å². The fourth-order valence-corrected chi connectivity index (χ4v) is 4.03. The van der Waals surface area contributed by atoms with Crippen LogP contribution in [0.25, 0.3) is 0 Å². The standard InChI is InChI=1S/C22H32O7/c1-11(2)20-18(28-21(25)13(4)14(5)27-15(6)23)9-12(3)17(24)8-7-16-10-19(20)29-22(16)26/h7,11-14,18-20H,8-10H2,1-6H3. The van der Waals surface area contributed by atoms with Gasteiger partial charge in [-0.25, -0.2) is 4.79 Å². The maximum atomic E-state index is 12.8. The van der Waals surface area contributed by atoms with E-state index in [-0.39, 0.29) is 30.0 Å². The van der Waals surface area contributed by atoms with E-state index in [1.54, 1.807) is 19.9 Å². The van der Waals surface area contributed by atoms with Crippen molar-refractivity contribution in [3.63, 3.8) is 0 Å². The van der Waals surface area contributed by atoms with Crippen LogP contribution in [0.3, 0.4) is 0 Å². The van der Waals surface area contributed by atoms with Gasteiger partial charge in [-0.2, -0.15) is 0 Å². The average molecular weight is 408 g/mol. The van der Waals surface area contributed by atoms with Crippen molar-refractivity contribution >= 4 is 23.7 Å². The second-order valence-electron chi connectivity index (χ2n) is 8.58. The first kappa shape index (κ1) is 23.1. The van der Waals surface area contributed by atoms with Gasteiger partial charge >= 0.3 is 17.9 Å². The Morgan fingerprint density at radius 2 is 1.83 bits per heavy atom. The summed E-state index contributed by atoms with van der Waals surface area (Å²) in [6.45, 7) is 10.4. The lowest BCUT2D eigenvalue weighted by Crippen LogP contribution is -2.42. The number of Topliss-reactive ketones (excluding diaryl/α,β-unsaturated/α-hetero) is 1. The maximum absolute atomic E-state index is 12.8. The van der Waals surface area contributed by atoms with Crippen LogP contribution in [0, 0.1) is 23.7 Å². The minimum Gasteiger partial charge on any atom is -0.462 e. The number of rotatable bonds is 5. The second-order valence-corrected chi connectivity index (χ2v) is 8.58. The molecule has 2 aliphatic rings. The van der Waals surface area contributed by atoms with E-state index in [1.807, 2.05) is 20.8 Å². The topological polar surface area (TPSA) is 96.0 Å². The summed E-state index contributed by atoms with van der Waals surface area (Å²) in [6.07, 6.45) is 1.02. The molecule has 2 rings (SSSR count). The van der Waals surface area contributed by atoms with Gasteiger partial charge in [0.05, 0.1) is 5.92 Å². The van der Waals surface area contributed by atoms with Crippen molar-refractivity contribution in [1.82, 2.24) is 0 Å². The van der Waals surface area contributed by atoms with Crippen LogP contribution in [0.2, 0.25) is 0 Å². The summed E-state index contributed by atoms with van der Waals surface area (Å²) in [4.78, 5) is 48.7. The third-order valence-electron chi connectivity index (χ3n) is 5.95. The first-order chi connectivity index (χ1) is 13.5. The highest BCUT2D eigenvalue weighted by Gasteiger charge is 2.44. The molecule has 2 bridgehead atoms. The van der Waals surface area contributed by atoms with Crippen molar-refractivity contribution < 1.29 is 33.4 Å². The highest BCUT2D eigenvalue weighted by molar-refractivity contribution is 5.92. The van der Waals surface area contributed by atoms with E-state index in [4.69, 9.17) is 14.2 Å². The van der Waals surface area contributed by atoms with E-state index in [2.05, 4.69) is 0 Å². The van der Waals surface area contributed by atoms with Crippen molar-refractivity contribution in [2.24, 2.45) is 23.7 Å². The second kappa shape index (κ2) is 9.55. The molecule has 0 saturated carbocycles. The Bertz CT molecular complexity index is 693. The van der Waals surface area contributed by atoms with Crippen molar-refractivity contribution in [1.29, 1.82) is 0 Å². The number of ketones is 1. The lowest BCUT2D eigenvalue weighted by atomic mass is 9.78. The summed E-state index contributed by atoms with van der Waals surface area (Å²) in [5, 5.41) is 0. The smallest absolute Gasteiger partial charge is 0.334 e. The molecule has 6 unspecified atom stereocenters. The Morgan fingerprint density at radius 1 is 1.17 bits per heavy atom. The van der Waals surface area contributed by atoms with Gasteiger partial charge < -0.3 is 14.2 Å². The van der Waals surface area contributed by atoms with E-state index < -0.39 is 42.1 Å². The molecular weight excluding hydrogens is 376 g/mol. The Labute approximate surface area is 172 Å². The zero-order valence-corrected chi connectivity index (χ0v) is 18.1. The van der Waals surface area contributed by atoms with E-state index >= 15 is 0 Å². The number of hydrogen-bond acceptors (Lipinski definition) is 7. The summed E-state index contributed by atoms with van der Waals surface area (Å²) < 4.78 is 16.6. The predicted octanol–water partition coefficient (Wildman–Crippen LogP) is 3.00. The van der Waals surface area contributed by atoms with Crippen LogP contribution in [-0.2, 0) is 33.4 Å². The highest BCUT2D eigenvalue weighted by atomic mass is 16.6. The Hall–Kier alpha value is -2.18. The fraction of sp³-hybridized carbons (Fsp3) is 0.727. The number of ether oxygens (including phenoxy) is 3. The number of hydrogen-bond donors (Lipinski definition) is 0. The Balaban J connectivity index is 2.28. The average Bonchev–Trinajstić information content (AvgIpc) is 2.96. The first-order valence-corrected chi connectivity index (χ1v) is 10.3. The van der Waals surface area contributed by atoms with Crippen molar-refractivity contribution in [3.8, 4) is 0 Å². The summed E-state index contributed by atoms with van der Waals surface area (Å²) in [7, 11) is 0. The van der Waals surface area contributed by atoms with Gasteiger partial charge in [0.1, 0.15) is 24.1 Å². The maximum Gasteiger partial charge on any atom is 0.334 e. The Kier molecular flexibility index (Phi) is 7.60. The van der Waals surface area contributed by atoms with Gasteiger partial charge in [-0.3, -0.25) is 14.4 Å². The first-order valence-electron chi connectivity index (χ1n) is 10.3. The predicted molar refractivity (Wildman–Crippen MR) is 105 cm³/mol. The molecule has 7 nitrogen and oxygen atoms in total. The van der Waals surface area contributed by atoms with Crippen LogP contribution in [0.1, 0.15) is 60.8 Å². The quantitative estimate of drug-likeness (QED) is 0.510. The molecule has 29 heavy (non-hydrogen) atoms. The molecule has 6 atom stereocenters. The largest absolute Gasteiger partial charge is 0.462 e. The van der Waals surface area contributed by atoms with Gasteiger partial charge in [0.2, 0.25) is 0 Å². The zero-order chi connectivity index (χ0) is 21.9. The SMILES string of the molecule is CC(=O)OC(C)C(C)C(=O)OC1CC(C)C(=O)CC=C2CC(OC2=O)C1C(C)C. The molecule has 0 spiro atoms. The molecule has 1 saturated heterocycles. The molecule has 0 N–H and O–H groups in total. The normalized spacial score (nSPS) is 29.6. The highest BCUT2D eigenvalue weighted by Crippen LogP contribution is 2.37. The van der Waals surface area contributed by atoms with Gasteiger partial charge in [-0.1, -0.05) is 26.8 Å². The zero-order valence-electron chi connectivity index (χ0n) is 18.1. The molecule has 0 aromatic heterocycles. The van der Waals surface area contributed by atoms with E-state index in [0.717, 1.165) is 0 Å². The molecule has 0 radical (unpaired) electrons. The van der Waals surface area contributed by atoms with Crippen molar-refractivity contribution in [2.75, 3.05) is 0 Å². The number of esters is 3. The monoisotopic (exact) mass is 408 g/mol. The van der Waals surface area contributed by atoms with Gasteiger partial charge in [0, 0.05) is 37.2 Å². The molecule has 0 aromatic carbocycles. The van der Waals surface area contributed by atoms with Crippen LogP contribution >= 0.6 is 0 Å². The molecule has 1 aliphatic carbocycles. The number of carbonyl (C=O) groups is 4. The summed E-state index contributed by atoms with van der Waals surface area (Å²) in [5.41, 5.74) is 0.519. The third-order valence-corrected chi connectivity index (χ3v) is 5.95. The lowest BCUT2D eigenvalue weighted by Gasteiger charge is -2.35. The molecule has 7 heteroatoms. The molecule has 1 fully saturated rings. The van der Waals surface area contributed by atoms with Gasteiger partial charge in [0.15, 0.2) is 0 Å². The lowest BCUT2D eigenvalue weighted by molar-refractivity contribution is -0.170. The minimum atomic E-state index is -0.658. The van der Waals surface area contributed by atoms with Crippen molar-refractivity contribution in [3.05, 3.63) is 11.6 Å². The van der Waals surface area contributed by atoms with E-state index in [9.17, 15) is 19.2 Å². The molecule has 1 heterocycles. The molecular formula is C22H32O7.